The fraction of sp³-hybridized carbons (Fsp3) is 0.0588. The molecule has 0 aromatic heterocycles. The maximum Gasteiger partial charge on any atom is 0.335 e. The van der Waals surface area contributed by atoms with Crippen LogP contribution in [0.1, 0.15) is 38.8 Å². The van der Waals surface area contributed by atoms with Gasteiger partial charge in [0.1, 0.15) is 0 Å². The van der Waals surface area contributed by atoms with Crippen LogP contribution in [0.4, 0.5) is 0 Å². The molecule has 0 bridgehead atoms. The molecule has 2 aromatic carbocycles. The van der Waals surface area contributed by atoms with Gasteiger partial charge in [0.2, 0.25) is 0 Å². The normalized spacial score (nSPS) is 10.7. The Morgan fingerprint density at radius 3 is 1.55 bits per heavy atom. The first-order chi connectivity index (χ1) is 9.56. The lowest BCUT2D eigenvalue weighted by Crippen LogP contribution is -1.94. The quantitative estimate of drug-likeness (QED) is 0.677. The van der Waals surface area contributed by atoms with E-state index in [1.54, 1.807) is 36.4 Å². The Hall–Kier alpha value is -2.68. The highest BCUT2D eigenvalue weighted by Gasteiger charge is 2.00. The fourth-order valence-electron chi connectivity index (χ4n) is 1.76. The molecule has 100 valence electrons. The Morgan fingerprint density at radius 2 is 1.20 bits per heavy atom. The van der Waals surface area contributed by atoms with Crippen molar-refractivity contribution in [1.82, 2.24) is 0 Å². The number of carboxylic acid groups (broad SMARTS) is 1. The predicted molar refractivity (Wildman–Crippen MR) is 78.8 cm³/mol. The molecule has 0 aliphatic carbocycles. The van der Waals surface area contributed by atoms with Gasteiger partial charge in [-0.2, -0.15) is 0 Å². The highest BCUT2D eigenvalue weighted by molar-refractivity contribution is 5.94. The zero-order valence-electron chi connectivity index (χ0n) is 11.0. The van der Waals surface area contributed by atoms with Crippen molar-refractivity contribution in [3.05, 3.63) is 70.8 Å². The zero-order valence-corrected chi connectivity index (χ0v) is 11.0. The van der Waals surface area contributed by atoms with Crippen LogP contribution in [0.5, 0.6) is 0 Å². The topological polar surface area (TPSA) is 54.4 Å². The molecule has 1 N–H and O–H groups in total. The van der Waals surface area contributed by atoms with E-state index in [4.69, 9.17) is 5.11 Å². The molecule has 0 aliphatic heterocycles. The Balaban J connectivity index is 2.12. The molecule has 0 fully saturated rings. The number of aromatic carboxylic acids is 1. The SMILES string of the molecule is CC(=O)c1ccc(/C=C/c2ccc(C(=O)O)cc2)cc1. The Bertz CT molecular complexity index is 590. The Kier molecular flexibility index (Phi) is 4.11. The molecular formula is C17H14O3. The molecule has 0 atom stereocenters. The van der Waals surface area contributed by atoms with Gasteiger partial charge in [0.15, 0.2) is 5.78 Å². The number of hydrogen-bond acceptors (Lipinski definition) is 2. The number of carbonyl (C=O) groups is 2. The van der Waals surface area contributed by atoms with Gasteiger partial charge in [0, 0.05) is 5.56 Å². The van der Waals surface area contributed by atoms with Crippen LogP contribution in [0.25, 0.3) is 12.2 Å². The number of carbonyl (C=O) groups excluding carboxylic acids is 1. The predicted octanol–water partition coefficient (Wildman–Crippen LogP) is 3.76. The Morgan fingerprint density at radius 1 is 0.800 bits per heavy atom. The highest BCUT2D eigenvalue weighted by Crippen LogP contribution is 2.11. The summed E-state index contributed by atoms with van der Waals surface area (Å²) in [7, 11) is 0. The monoisotopic (exact) mass is 266 g/mol. The van der Waals surface area contributed by atoms with Crippen molar-refractivity contribution in [3.63, 3.8) is 0 Å². The van der Waals surface area contributed by atoms with Crippen LogP contribution >= 0.6 is 0 Å². The molecule has 2 aromatic rings. The molecule has 2 rings (SSSR count). The average molecular weight is 266 g/mol. The van der Waals surface area contributed by atoms with Gasteiger partial charge in [-0.15, -0.1) is 0 Å². The van der Waals surface area contributed by atoms with Gasteiger partial charge in [0.05, 0.1) is 5.56 Å². The second kappa shape index (κ2) is 5.97. The van der Waals surface area contributed by atoms with E-state index < -0.39 is 5.97 Å². The van der Waals surface area contributed by atoms with Crippen molar-refractivity contribution >= 4 is 23.9 Å². The van der Waals surface area contributed by atoms with E-state index in [0.29, 0.717) is 5.56 Å². The molecule has 3 heteroatoms. The molecule has 0 heterocycles. The summed E-state index contributed by atoms with van der Waals surface area (Å²) in [4.78, 5) is 21.9. The largest absolute Gasteiger partial charge is 0.478 e. The number of rotatable bonds is 4. The first kappa shape index (κ1) is 13.7. The molecule has 0 amide bonds. The lowest BCUT2D eigenvalue weighted by atomic mass is 10.1. The smallest absolute Gasteiger partial charge is 0.335 e. The minimum Gasteiger partial charge on any atom is -0.478 e. The van der Waals surface area contributed by atoms with Crippen LogP contribution in [0.3, 0.4) is 0 Å². The second-order valence-electron chi connectivity index (χ2n) is 4.44. The van der Waals surface area contributed by atoms with Crippen molar-refractivity contribution in [3.8, 4) is 0 Å². The number of carboxylic acids is 1. The third-order valence-corrected chi connectivity index (χ3v) is 2.94. The maximum absolute atomic E-state index is 11.2. The molecule has 0 spiro atoms. The van der Waals surface area contributed by atoms with Crippen molar-refractivity contribution in [2.45, 2.75) is 6.92 Å². The number of Topliss-reactive ketones (excluding diaryl/α,β-unsaturated/α-hetero) is 1. The van der Waals surface area contributed by atoms with Gasteiger partial charge in [-0.3, -0.25) is 4.79 Å². The first-order valence-electron chi connectivity index (χ1n) is 6.19. The van der Waals surface area contributed by atoms with Crippen molar-refractivity contribution in [2.24, 2.45) is 0 Å². The van der Waals surface area contributed by atoms with E-state index in [9.17, 15) is 9.59 Å². The second-order valence-corrected chi connectivity index (χ2v) is 4.44. The van der Waals surface area contributed by atoms with Gasteiger partial charge in [-0.25, -0.2) is 4.79 Å². The summed E-state index contributed by atoms with van der Waals surface area (Å²) in [6, 6.07) is 14.0. The number of hydrogen-bond donors (Lipinski definition) is 1. The van der Waals surface area contributed by atoms with E-state index in [0.717, 1.165) is 11.1 Å². The van der Waals surface area contributed by atoms with Gasteiger partial charge < -0.3 is 5.11 Å². The third-order valence-electron chi connectivity index (χ3n) is 2.94. The highest BCUT2D eigenvalue weighted by atomic mass is 16.4. The van der Waals surface area contributed by atoms with E-state index in [1.807, 2.05) is 24.3 Å². The summed E-state index contributed by atoms with van der Waals surface area (Å²) in [6.07, 6.45) is 3.81. The summed E-state index contributed by atoms with van der Waals surface area (Å²) >= 11 is 0. The van der Waals surface area contributed by atoms with Crippen molar-refractivity contribution in [2.75, 3.05) is 0 Å². The first-order valence-corrected chi connectivity index (χ1v) is 6.19. The van der Waals surface area contributed by atoms with Crippen LogP contribution in [0.2, 0.25) is 0 Å². The van der Waals surface area contributed by atoms with E-state index >= 15 is 0 Å². The standard InChI is InChI=1S/C17H14O3/c1-12(18)15-8-4-13(5-9-15)2-3-14-6-10-16(11-7-14)17(19)20/h2-11H,1H3,(H,19,20)/b3-2+. The lowest BCUT2D eigenvalue weighted by molar-refractivity contribution is 0.0696. The van der Waals surface area contributed by atoms with Crippen molar-refractivity contribution in [1.29, 1.82) is 0 Å². The van der Waals surface area contributed by atoms with Crippen LogP contribution < -0.4 is 0 Å². The minimum atomic E-state index is -0.930. The average Bonchev–Trinajstić information content (AvgIpc) is 2.46. The van der Waals surface area contributed by atoms with Gasteiger partial charge >= 0.3 is 5.97 Å². The van der Waals surface area contributed by atoms with E-state index in [2.05, 4.69) is 0 Å². The summed E-state index contributed by atoms with van der Waals surface area (Å²) in [5.74, 6) is -0.884. The molecule has 0 saturated heterocycles. The van der Waals surface area contributed by atoms with Crippen LogP contribution in [0.15, 0.2) is 48.5 Å². The summed E-state index contributed by atoms with van der Waals surface area (Å²) in [5, 5.41) is 8.81. The number of benzene rings is 2. The maximum atomic E-state index is 11.2. The minimum absolute atomic E-state index is 0.0461. The summed E-state index contributed by atoms with van der Waals surface area (Å²) in [5.41, 5.74) is 2.86. The molecule has 0 aliphatic rings. The molecule has 20 heavy (non-hydrogen) atoms. The summed E-state index contributed by atoms with van der Waals surface area (Å²) in [6.45, 7) is 1.54. The van der Waals surface area contributed by atoms with Crippen LogP contribution in [-0.4, -0.2) is 16.9 Å². The van der Waals surface area contributed by atoms with Crippen LogP contribution in [-0.2, 0) is 0 Å². The molecule has 0 unspecified atom stereocenters. The van der Waals surface area contributed by atoms with Gasteiger partial charge in [0.25, 0.3) is 0 Å². The summed E-state index contributed by atoms with van der Waals surface area (Å²) < 4.78 is 0. The van der Waals surface area contributed by atoms with Crippen molar-refractivity contribution < 1.29 is 14.7 Å². The van der Waals surface area contributed by atoms with Gasteiger partial charge in [-0.05, 0) is 30.2 Å². The fourth-order valence-corrected chi connectivity index (χ4v) is 1.76. The number of ketones is 1. The van der Waals surface area contributed by atoms with Crippen LogP contribution in [0, 0.1) is 0 Å². The zero-order chi connectivity index (χ0) is 14.5. The molecule has 0 saturated carbocycles. The molecule has 3 nitrogen and oxygen atoms in total. The third kappa shape index (κ3) is 3.42. The molecule has 0 radical (unpaired) electrons. The molecular weight excluding hydrogens is 252 g/mol. The van der Waals surface area contributed by atoms with E-state index in [-0.39, 0.29) is 11.3 Å². The lowest BCUT2D eigenvalue weighted by Gasteiger charge is -1.98. The Labute approximate surface area is 117 Å². The van der Waals surface area contributed by atoms with E-state index in [1.165, 1.54) is 6.92 Å². The van der Waals surface area contributed by atoms with Gasteiger partial charge in [-0.1, -0.05) is 48.6 Å².